The molecule has 0 fully saturated rings. The van der Waals surface area contributed by atoms with E-state index >= 15 is 0 Å². The Kier molecular flexibility index (Phi) is 7.04. The van der Waals surface area contributed by atoms with Gasteiger partial charge in [-0.1, -0.05) is 54.4 Å². The number of unbranched alkanes of at least 4 members (excludes halogenated alkanes) is 2. The van der Waals surface area contributed by atoms with Crippen molar-refractivity contribution >= 4 is 10.0 Å². The molecule has 0 heterocycles. The van der Waals surface area contributed by atoms with Gasteiger partial charge in [0.05, 0.1) is 5.75 Å². The molecular weight excluding hydrogens is 258 g/mol. The van der Waals surface area contributed by atoms with E-state index in [0.717, 1.165) is 25.7 Å². The second-order valence-electron chi connectivity index (χ2n) is 7.90. The predicted molar refractivity (Wildman–Crippen MR) is 83.8 cm³/mol. The van der Waals surface area contributed by atoms with Gasteiger partial charge >= 0.3 is 0 Å². The molecule has 0 saturated heterocycles. The summed E-state index contributed by atoms with van der Waals surface area (Å²) in [7, 11) is -3.13. The van der Waals surface area contributed by atoms with E-state index in [0.29, 0.717) is 5.41 Å². The normalized spacial score (nSPS) is 15.5. The maximum Gasteiger partial charge on any atom is 0.211 e. The van der Waals surface area contributed by atoms with Gasteiger partial charge in [-0.2, -0.15) is 0 Å². The van der Waals surface area contributed by atoms with E-state index in [2.05, 4.69) is 25.5 Å². The summed E-state index contributed by atoms with van der Waals surface area (Å²) in [6.45, 7) is 14.7. The zero-order valence-electron chi connectivity index (χ0n) is 13.8. The van der Waals surface area contributed by atoms with Gasteiger partial charge in [0.2, 0.25) is 10.0 Å². The van der Waals surface area contributed by atoms with E-state index < -0.39 is 10.0 Å². The minimum Gasteiger partial charge on any atom is -0.212 e. The molecular formula is C15H33NO2S. The molecule has 19 heavy (non-hydrogen) atoms. The van der Waals surface area contributed by atoms with Crippen LogP contribution in [0.5, 0.6) is 0 Å². The Morgan fingerprint density at radius 3 is 1.89 bits per heavy atom. The van der Waals surface area contributed by atoms with Crippen LogP contribution in [0.1, 0.15) is 74.1 Å². The van der Waals surface area contributed by atoms with Crippen LogP contribution in [0, 0.1) is 10.8 Å². The zero-order chi connectivity index (χ0) is 15.3. The number of hydrogen-bond acceptors (Lipinski definition) is 2. The summed E-state index contributed by atoms with van der Waals surface area (Å²) in [5.41, 5.74) is 0.303. The molecule has 0 spiro atoms. The summed E-state index contributed by atoms with van der Waals surface area (Å²) >= 11 is 0. The first-order chi connectivity index (χ1) is 8.33. The van der Waals surface area contributed by atoms with Gasteiger partial charge < -0.3 is 0 Å². The molecule has 1 N–H and O–H groups in total. The van der Waals surface area contributed by atoms with Gasteiger partial charge in [-0.05, 0) is 30.6 Å². The molecule has 0 saturated carbocycles. The highest BCUT2D eigenvalue weighted by Gasteiger charge is 2.24. The molecule has 0 unspecified atom stereocenters. The lowest BCUT2D eigenvalue weighted by atomic mass is 9.89. The predicted octanol–water partition coefficient (Wildman–Crippen LogP) is 3.95. The third-order valence-corrected chi connectivity index (χ3v) is 5.03. The fourth-order valence-corrected chi connectivity index (χ4v) is 3.22. The van der Waals surface area contributed by atoms with E-state index in [1.165, 1.54) is 0 Å². The Balaban J connectivity index is 4.00. The molecule has 0 aromatic carbocycles. The summed E-state index contributed by atoms with van der Waals surface area (Å²) in [4.78, 5) is 0. The van der Waals surface area contributed by atoms with Crippen molar-refractivity contribution in [2.24, 2.45) is 10.8 Å². The SMILES string of the molecule is C[C@@H](NS(=O)(=O)CCCCCC(C)(C)C)C(C)(C)C. The molecule has 0 amide bonds. The van der Waals surface area contributed by atoms with Gasteiger partial charge in [0.1, 0.15) is 0 Å². The lowest BCUT2D eigenvalue weighted by Gasteiger charge is -2.27. The number of hydrogen-bond donors (Lipinski definition) is 1. The van der Waals surface area contributed by atoms with E-state index in [9.17, 15) is 8.42 Å². The lowest BCUT2D eigenvalue weighted by molar-refractivity contribution is 0.317. The smallest absolute Gasteiger partial charge is 0.211 e. The summed E-state index contributed by atoms with van der Waals surface area (Å²) in [5.74, 6) is 0.248. The summed E-state index contributed by atoms with van der Waals surface area (Å²) in [6.07, 6.45) is 4.00. The van der Waals surface area contributed by atoms with Crippen LogP contribution in [0.2, 0.25) is 0 Å². The molecule has 0 bridgehead atoms. The molecule has 4 heteroatoms. The first-order valence-electron chi connectivity index (χ1n) is 7.33. The third-order valence-electron chi connectivity index (χ3n) is 3.50. The number of nitrogens with one attached hydrogen (secondary N) is 1. The summed E-state index contributed by atoms with van der Waals surface area (Å²) in [5, 5.41) is 0. The van der Waals surface area contributed by atoms with Crippen LogP contribution < -0.4 is 4.72 Å². The average molecular weight is 292 g/mol. The Labute approximate surface area is 120 Å². The van der Waals surface area contributed by atoms with E-state index in [4.69, 9.17) is 0 Å². The van der Waals surface area contributed by atoms with E-state index in [-0.39, 0.29) is 17.2 Å². The largest absolute Gasteiger partial charge is 0.212 e. The summed E-state index contributed by atoms with van der Waals surface area (Å²) in [6, 6.07) is -0.0351. The molecule has 0 aromatic heterocycles. The lowest BCUT2D eigenvalue weighted by Crippen LogP contribution is -2.42. The molecule has 3 nitrogen and oxygen atoms in total. The van der Waals surface area contributed by atoms with Crippen molar-refractivity contribution in [1.29, 1.82) is 0 Å². The molecule has 116 valence electrons. The van der Waals surface area contributed by atoms with Crippen LogP contribution in [0.25, 0.3) is 0 Å². The second-order valence-corrected chi connectivity index (χ2v) is 9.77. The zero-order valence-corrected chi connectivity index (χ0v) is 14.7. The first kappa shape index (κ1) is 18.9. The number of sulfonamides is 1. The molecule has 0 rings (SSSR count). The Bertz CT molecular complexity index is 347. The van der Waals surface area contributed by atoms with E-state index in [1.54, 1.807) is 0 Å². The molecule has 0 aromatic rings. The van der Waals surface area contributed by atoms with Gasteiger partial charge in [-0.15, -0.1) is 0 Å². The van der Waals surface area contributed by atoms with Crippen LogP contribution in [0.3, 0.4) is 0 Å². The van der Waals surface area contributed by atoms with Gasteiger partial charge in [0.15, 0.2) is 0 Å². The topological polar surface area (TPSA) is 46.2 Å². The van der Waals surface area contributed by atoms with Crippen molar-refractivity contribution in [2.45, 2.75) is 80.2 Å². The van der Waals surface area contributed by atoms with Crippen molar-refractivity contribution in [2.75, 3.05) is 5.75 Å². The maximum atomic E-state index is 11.9. The van der Waals surface area contributed by atoms with Gasteiger partial charge in [-0.3, -0.25) is 0 Å². The Morgan fingerprint density at radius 1 is 0.947 bits per heavy atom. The molecule has 0 aliphatic heterocycles. The standard InChI is InChI=1S/C15H33NO2S/c1-13(15(5,6)7)16-19(17,18)12-10-8-9-11-14(2,3)4/h13,16H,8-12H2,1-7H3/t13-/m1/s1. The maximum absolute atomic E-state index is 11.9. The van der Waals surface area contributed by atoms with Crippen LogP contribution >= 0.6 is 0 Å². The minimum absolute atomic E-state index is 0.0351. The van der Waals surface area contributed by atoms with Gasteiger partial charge in [-0.25, -0.2) is 13.1 Å². The molecule has 0 radical (unpaired) electrons. The highest BCUT2D eigenvalue weighted by molar-refractivity contribution is 7.89. The first-order valence-corrected chi connectivity index (χ1v) is 8.99. The van der Waals surface area contributed by atoms with Crippen molar-refractivity contribution in [3.05, 3.63) is 0 Å². The van der Waals surface area contributed by atoms with Crippen LogP contribution in [-0.4, -0.2) is 20.2 Å². The van der Waals surface area contributed by atoms with Gasteiger partial charge in [0.25, 0.3) is 0 Å². The van der Waals surface area contributed by atoms with Gasteiger partial charge in [0, 0.05) is 6.04 Å². The van der Waals surface area contributed by atoms with Crippen LogP contribution in [0.15, 0.2) is 0 Å². The van der Waals surface area contributed by atoms with Crippen molar-refractivity contribution < 1.29 is 8.42 Å². The molecule has 0 aliphatic carbocycles. The minimum atomic E-state index is -3.13. The third kappa shape index (κ3) is 10.4. The molecule has 1 atom stereocenters. The van der Waals surface area contributed by atoms with Crippen molar-refractivity contribution in [3.63, 3.8) is 0 Å². The highest BCUT2D eigenvalue weighted by Crippen LogP contribution is 2.22. The van der Waals surface area contributed by atoms with Crippen molar-refractivity contribution in [3.8, 4) is 0 Å². The number of rotatable bonds is 7. The Morgan fingerprint density at radius 2 is 1.47 bits per heavy atom. The highest BCUT2D eigenvalue weighted by atomic mass is 32.2. The molecule has 0 aliphatic rings. The van der Waals surface area contributed by atoms with Crippen molar-refractivity contribution in [1.82, 2.24) is 4.72 Å². The fourth-order valence-electron chi connectivity index (χ4n) is 1.63. The average Bonchev–Trinajstić information content (AvgIpc) is 2.12. The Hall–Kier alpha value is -0.0900. The summed E-state index contributed by atoms with van der Waals surface area (Å²) < 4.78 is 26.6. The second kappa shape index (κ2) is 7.07. The fraction of sp³-hybridized carbons (Fsp3) is 1.00. The van der Waals surface area contributed by atoms with E-state index in [1.807, 2.05) is 27.7 Å². The quantitative estimate of drug-likeness (QED) is 0.722. The van der Waals surface area contributed by atoms with Crippen LogP contribution in [0.4, 0.5) is 0 Å². The monoisotopic (exact) mass is 291 g/mol. The van der Waals surface area contributed by atoms with Crippen LogP contribution in [-0.2, 0) is 10.0 Å².